The molecule has 0 aromatic heterocycles. The van der Waals surface area contributed by atoms with Gasteiger partial charge in [0.15, 0.2) is 0 Å². The fourth-order valence-corrected chi connectivity index (χ4v) is 4.77. The molecular weight excluding hydrogens is 379 g/mol. The summed E-state index contributed by atoms with van der Waals surface area (Å²) in [4.78, 5) is 16.4. The Bertz CT molecular complexity index is 796. The van der Waals surface area contributed by atoms with Crippen LogP contribution >= 0.6 is 11.8 Å². The summed E-state index contributed by atoms with van der Waals surface area (Å²) in [5, 5.41) is 10.6. The molecule has 5 nitrogen and oxygen atoms in total. The van der Waals surface area contributed by atoms with Gasteiger partial charge in [-0.3, -0.25) is 4.90 Å². The van der Waals surface area contributed by atoms with Crippen LogP contribution in [0.2, 0.25) is 0 Å². The van der Waals surface area contributed by atoms with Gasteiger partial charge in [-0.2, -0.15) is 0 Å². The molecule has 28 heavy (non-hydrogen) atoms. The number of halogens is 1. The minimum absolute atomic E-state index is 0.0910. The summed E-state index contributed by atoms with van der Waals surface area (Å²) in [6, 6.07) is 6.50. The van der Waals surface area contributed by atoms with Gasteiger partial charge in [0.25, 0.3) is 0 Å². The highest BCUT2D eigenvalue weighted by molar-refractivity contribution is 8.03. The van der Waals surface area contributed by atoms with E-state index in [4.69, 9.17) is 4.74 Å². The number of hydrogen-bond acceptors (Lipinski definition) is 5. The highest BCUT2D eigenvalue weighted by Crippen LogP contribution is 2.37. The number of carboxylic acids is 1. The molecule has 2 atom stereocenters. The molecule has 2 unspecified atom stereocenters. The van der Waals surface area contributed by atoms with Crippen LogP contribution in [0.4, 0.5) is 4.39 Å². The van der Waals surface area contributed by atoms with Crippen molar-refractivity contribution in [3.05, 3.63) is 57.9 Å². The molecule has 152 valence electrons. The number of rotatable bonds is 6. The lowest BCUT2D eigenvalue weighted by Crippen LogP contribution is -2.54. The van der Waals surface area contributed by atoms with Crippen LogP contribution in [-0.4, -0.2) is 58.6 Å². The summed E-state index contributed by atoms with van der Waals surface area (Å²) >= 11 is 1.52. The van der Waals surface area contributed by atoms with Gasteiger partial charge in [-0.25, -0.2) is 9.18 Å². The number of hydrogen-bond donors (Lipinski definition) is 1. The molecule has 0 saturated carbocycles. The lowest BCUT2D eigenvalue weighted by Gasteiger charge is -2.45. The molecule has 1 aromatic carbocycles. The number of carbonyl (C=O) groups is 1. The molecule has 2 heterocycles. The van der Waals surface area contributed by atoms with Crippen molar-refractivity contribution >= 4 is 17.7 Å². The maximum Gasteiger partial charge on any atom is 0.338 e. The maximum absolute atomic E-state index is 13.8. The number of thioether (sulfide) groups is 1. The second kappa shape index (κ2) is 9.11. The summed E-state index contributed by atoms with van der Waals surface area (Å²) in [6.45, 7) is 8.53. The Hall–Kier alpha value is -1.83. The molecule has 1 saturated heterocycles. The zero-order chi connectivity index (χ0) is 20.3. The van der Waals surface area contributed by atoms with E-state index in [1.807, 2.05) is 32.9 Å². The summed E-state index contributed by atoms with van der Waals surface area (Å²) in [5.74, 6) is -0.460. The highest BCUT2D eigenvalue weighted by atomic mass is 32.2. The average molecular weight is 407 g/mol. The third-order valence-corrected chi connectivity index (χ3v) is 5.97. The number of benzene rings is 1. The Balaban J connectivity index is 2.03. The van der Waals surface area contributed by atoms with E-state index in [2.05, 4.69) is 9.80 Å². The number of nitrogens with zero attached hydrogens (tertiary/aromatic N) is 2. The SMILES string of the molecule is CCSC1=C(C(=O)O)C(C)=CC(N2CCOC(C)C2)N1Cc1cccc(F)c1. The molecule has 1 aromatic rings. The van der Waals surface area contributed by atoms with Crippen LogP contribution in [0.5, 0.6) is 0 Å². The molecular formula is C21H27FN2O3S. The first-order valence-corrected chi connectivity index (χ1v) is 10.5. The van der Waals surface area contributed by atoms with Gasteiger partial charge in [-0.1, -0.05) is 19.1 Å². The smallest absolute Gasteiger partial charge is 0.338 e. The van der Waals surface area contributed by atoms with Gasteiger partial charge in [0, 0.05) is 19.6 Å². The van der Waals surface area contributed by atoms with E-state index >= 15 is 0 Å². The first-order valence-electron chi connectivity index (χ1n) is 9.56. The number of aliphatic carboxylic acids is 1. The van der Waals surface area contributed by atoms with Crippen molar-refractivity contribution in [2.24, 2.45) is 0 Å². The van der Waals surface area contributed by atoms with Crippen LogP contribution in [-0.2, 0) is 16.1 Å². The quantitative estimate of drug-likeness (QED) is 0.778. The van der Waals surface area contributed by atoms with Gasteiger partial charge < -0.3 is 14.7 Å². The molecule has 0 bridgehead atoms. The Kier molecular flexibility index (Phi) is 6.80. The number of morpholine rings is 1. The number of carboxylic acid groups (broad SMARTS) is 1. The van der Waals surface area contributed by atoms with Crippen LogP contribution in [0.1, 0.15) is 26.3 Å². The monoisotopic (exact) mass is 406 g/mol. The van der Waals surface area contributed by atoms with Gasteiger partial charge in [0.05, 0.1) is 23.3 Å². The van der Waals surface area contributed by atoms with E-state index in [1.165, 1.54) is 23.9 Å². The van der Waals surface area contributed by atoms with Gasteiger partial charge in [0.1, 0.15) is 12.0 Å². The highest BCUT2D eigenvalue weighted by Gasteiger charge is 2.35. The van der Waals surface area contributed by atoms with Gasteiger partial charge in [-0.15, -0.1) is 11.8 Å². The van der Waals surface area contributed by atoms with E-state index < -0.39 is 5.97 Å². The van der Waals surface area contributed by atoms with Crippen molar-refractivity contribution in [3.8, 4) is 0 Å². The van der Waals surface area contributed by atoms with Crippen molar-refractivity contribution in [2.45, 2.75) is 39.6 Å². The first-order chi connectivity index (χ1) is 13.4. The van der Waals surface area contributed by atoms with Crippen LogP contribution in [0.15, 0.2) is 46.5 Å². The predicted molar refractivity (Wildman–Crippen MR) is 109 cm³/mol. The van der Waals surface area contributed by atoms with E-state index in [-0.39, 0.29) is 18.1 Å². The summed E-state index contributed by atoms with van der Waals surface area (Å²) in [5.41, 5.74) is 1.92. The van der Waals surface area contributed by atoms with Gasteiger partial charge in [0.2, 0.25) is 0 Å². The second-order valence-corrected chi connectivity index (χ2v) is 8.37. The van der Waals surface area contributed by atoms with E-state index in [1.54, 1.807) is 6.07 Å². The van der Waals surface area contributed by atoms with E-state index in [0.717, 1.165) is 35.0 Å². The molecule has 0 aliphatic carbocycles. The van der Waals surface area contributed by atoms with Crippen molar-refractivity contribution in [1.29, 1.82) is 0 Å². The fraction of sp³-hybridized carbons (Fsp3) is 0.476. The van der Waals surface area contributed by atoms with Gasteiger partial charge >= 0.3 is 5.97 Å². The van der Waals surface area contributed by atoms with Crippen molar-refractivity contribution in [2.75, 3.05) is 25.4 Å². The van der Waals surface area contributed by atoms with Gasteiger partial charge in [-0.05, 0) is 48.9 Å². The normalized spacial score (nSPS) is 23.7. The Morgan fingerprint density at radius 2 is 2.21 bits per heavy atom. The molecule has 7 heteroatoms. The summed E-state index contributed by atoms with van der Waals surface area (Å²) < 4.78 is 19.5. The standard InChI is InChI=1S/C21H27FN2O3S/c1-4-28-20-19(21(25)26)14(2)10-18(23-8-9-27-15(3)12-23)24(20)13-16-6-5-7-17(22)11-16/h5-7,10-11,15,18H,4,8-9,12-13H2,1-3H3,(H,25,26). The molecule has 3 rings (SSSR count). The molecule has 0 amide bonds. The van der Waals surface area contributed by atoms with E-state index in [9.17, 15) is 14.3 Å². The largest absolute Gasteiger partial charge is 0.478 e. The zero-order valence-corrected chi connectivity index (χ0v) is 17.3. The van der Waals surface area contributed by atoms with E-state index in [0.29, 0.717) is 18.7 Å². The molecule has 1 N–H and O–H groups in total. The van der Waals surface area contributed by atoms with Crippen molar-refractivity contribution in [1.82, 2.24) is 9.80 Å². The Labute approximate surface area is 169 Å². The van der Waals surface area contributed by atoms with Crippen LogP contribution in [0.25, 0.3) is 0 Å². The van der Waals surface area contributed by atoms with Crippen LogP contribution in [0.3, 0.4) is 0 Å². The number of ether oxygens (including phenoxy) is 1. The molecule has 2 aliphatic heterocycles. The summed E-state index contributed by atoms with van der Waals surface area (Å²) in [7, 11) is 0. The molecule has 0 radical (unpaired) electrons. The molecule has 1 fully saturated rings. The third-order valence-electron chi connectivity index (χ3n) is 4.97. The van der Waals surface area contributed by atoms with Crippen LogP contribution < -0.4 is 0 Å². The third kappa shape index (κ3) is 4.59. The molecule has 0 spiro atoms. The average Bonchev–Trinajstić information content (AvgIpc) is 2.63. The zero-order valence-electron chi connectivity index (χ0n) is 16.5. The lowest BCUT2D eigenvalue weighted by atomic mass is 10.0. The predicted octanol–water partition coefficient (Wildman–Crippen LogP) is 3.68. The van der Waals surface area contributed by atoms with Crippen LogP contribution in [0, 0.1) is 5.82 Å². The fourth-order valence-electron chi connectivity index (χ4n) is 3.77. The Morgan fingerprint density at radius 1 is 1.43 bits per heavy atom. The maximum atomic E-state index is 13.8. The lowest BCUT2D eigenvalue weighted by molar-refractivity contribution is -0.132. The summed E-state index contributed by atoms with van der Waals surface area (Å²) in [6.07, 6.45) is 2.04. The molecule has 2 aliphatic rings. The first kappa shape index (κ1) is 20.9. The van der Waals surface area contributed by atoms with Crippen molar-refractivity contribution in [3.63, 3.8) is 0 Å². The second-order valence-electron chi connectivity index (χ2n) is 7.12. The minimum Gasteiger partial charge on any atom is -0.478 e. The Morgan fingerprint density at radius 3 is 2.86 bits per heavy atom. The topological polar surface area (TPSA) is 53.0 Å². The minimum atomic E-state index is -0.928. The van der Waals surface area contributed by atoms with Crippen molar-refractivity contribution < 1.29 is 19.0 Å².